The monoisotopic (exact) mass is 442 g/mol. The lowest BCUT2D eigenvalue weighted by Crippen LogP contribution is -2.06. The highest BCUT2D eigenvalue weighted by Crippen LogP contribution is 2.27. The number of benzene rings is 2. The Hall–Kier alpha value is -3.94. The lowest BCUT2D eigenvalue weighted by Gasteiger charge is -2.05. The van der Waals surface area contributed by atoms with Crippen LogP contribution in [0.15, 0.2) is 48.6 Å². The Morgan fingerprint density at radius 2 is 1.16 bits per heavy atom. The third-order valence-electron chi connectivity index (χ3n) is 4.26. The third kappa shape index (κ3) is 8.06. The molecule has 0 unspecified atom stereocenters. The molecule has 2 aromatic rings. The fourth-order valence-electron chi connectivity index (χ4n) is 2.57. The number of carbonyl (C=O) groups is 2. The average molecular weight is 442 g/mol. The maximum absolute atomic E-state index is 11.8. The van der Waals surface area contributed by atoms with Crippen molar-refractivity contribution >= 4 is 24.1 Å². The summed E-state index contributed by atoms with van der Waals surface area (Å²) < 4.78 is 20.2. The van der Waals surface area contributed by atoms with Crippen LogP contribution in [-0.2, 0) is 19.1 Å². The van der Waals surface area contributed by atoms with Crippen LogP contribution in [0.3, 0.4) is 0 Å². The van der Waals surface area contributed by atoms with Gasteiger partial charge in [-0.3, -0.25) is 0 Å². The van der Waals surface area contributed by atoms with E-state index in [1.807, 2.05) is 0 Å². The van der Waals surface area contributed by atoms with Gasteiger partial charge in [-0.25, -0.2) is 9.59 Å². The summed E-state index contributed by atoms with van der Waals surface area (Å²) in [5.41, 5.74) is 1.37. The summed E-state index contributed by atoms with van der Waals surface area (Å²) in [4.78, 5) is 23.5. The third-order valence-corrected chi connectivity index (χ3v) is 4.26. The van der Waals surface area contributed by atoms with Crippen LogP contribution in [0, 0.1) is 0 Å². The van der Waals surface area contributed by atoms with Crippen molar-refractivity contribution in [2.75, 3.05) is 27.4 Å². The number of phenolic OH excluding ortho intramolecular Hbond substituents is 2. The SMILES string of the molecule is COc1cc(C=CC(=O)OCCCCOC(=O)C=Cc2ccc(O)c(OC)c2)ccc1O. The van der Waals surface area contributed by atoms with Crippen LogP contribution >= 0.6 is 0 Å². The van der Waals surface area contributed by atoms with E-state index in [1.165, 1.54) is 38.5 Å². The number of aromatic hydroxyl groups is 2. The maximum atomic E-state index is 11.8. The van der Waals surface area contributed by atoms with E-state index < -0.39 is 11.9 Å². The van der Waals surface area contributed by atoms with E-state index in [0.29, 0.717) is 35.5 Å². The lowest BCUT2D eigenvalue weighted by molar-refractivity contribution is -0.140. The summed E-state index contributed by atoms with van der Waals surface area (Å²) >= 11 is 0. The molecule has 0 fully saturated rings. The van der Waals surface area contributed by atoms with Crippen molar-refractivity contribution in [2.24, 2.45) is 0 Å². The van der Waals surface area contributed by atoms with Gasteiger partial charge in [0.15, 0.2) is 23.0 Å². The second-order valence-electron chi connectivity index (χ2n) is 6.57. The van der Waals surface area contributed by atoms with E-state index in [0.717, 1.165) is 0 Å². The highest BCUT2D eigenvalue weighted by Gasteiger charge is 2.04. The molecule has 0 amide bonds. The summed E-state index contributed by atoms with van der Waals surface area (Å²) in [5.74, 6) is -0.337. The largest absolute Gasteiger partial charge is 0.504 e. The van der Waals surface area contributed by atoms with Crippen LogP contribution in [0.5, 0.6) is 23.0 Å². The van der Waals surface area contributed by atoms with E-state index in [9.17, 15) is 19.8 Å². The van der Waals surface area contributed by atoms with Gasteiger partial charge in [0.1, 0.15) is 0 Å². The molecule has 0 heterocycles. The molecule has 0 spiro atoms. The Bertz CT molecular complexity index is 898. The smallest absolute Gasteiger partial charge is 0.330 e. The molecule has 0 bridgehead atoms. The van der Waals surface area contributed by atoms with Crippen molar-refractivity contribution in [3.8, 4) is 23.0 Å². The van der Waals surface area contributed by atoms with Gasteiger partial charge < -0.3 is 29.2 Å². The maximum Gasteiger partial charge on any atom is 0.330 e. The number of esters is 2. The van der Waals surface area contributed by atoms with Gasteiger partial charge in [0.25, 0.3) is 0 Å². The molecule has 0 aliphatic rings. The molecule has 0 saturated carbocycles. The molecule has 2 aromatic carbocycles. The van der Waals surface area contributed by atoms with Crippen molar-refractivity contribution in [1.29, 1.82) is 0 Å². The number of hydrogen-bond donors (Lipinski definition) is 2. The highest BCUT2D eigenvalue weighted by molar-refractivity contribution is 5.87. The van der Waals surface area contributed by atoms with Gasteiger partial charge in [-0.15, -0.1) is 0 Å². The number of unbranched alkanes of at least 4 members (excludes halogenated alkanes) is 1. The Morgan fingerprint density at radius 1 is 0.750 bits per heavy atom. The van der Waals surface area contributed by atoms with Gasteiger partial charge in [-0.2, -0.15) is 0 Å². The Kier molecular flexibility index (Phi) is 9.65. The predicted octanol–water partition coefficient (Wildman–Crippen LogP) is 3.71. The molecule has 0 aliphatic carbocycles. The molecule has 0 saturated heterocycles. The van der Waals surface area contributed by atoms with Crippen LogP contribution in [0.1, 0.15) is 24.0 Å². The van der Waals surface area contributed by atoms with Crippen molar-refractivity contribution in [1.82, 2.24) is 0 Å². The Balaban J connectivity index is 1.63. The Morgan fingerprint density at radius 3 is 1.53 bits per heavy atom. The van der Waals surface area contributed by atoms with Gasteiger partial charge in [0, 0.05) is 12.2 Å². The van der Waals surface area contributed by atoms with Crippen molar-refractivity contribution < 1.29 is 38.7 Å². The second kappa shape index (κ2) is 12.7. The summed E-state index contributed by atoms with van der Waals surface area (Å²) in [7, 11) is 2.88. The van der Waals surface area contributed by atoms with Gasteiger partial charge in [-0.1, -0.05) is 12.1 Å². The second-order valence-corrected chi connectivity index (χ2v) is 6.57. The minimum atomic E-state index is -0.499. The first kappa shape index (κ1) is 24.3. The first-order chi connectivity index (χ1) is 15.4. The molecule has 170 valence electrons. The summed E-state index contributed by atoms with van der Waals surface area (Å²) in [6, 6.07) is 9.43. The molecule has 0 atom stereocenters. The molecule has 2 N–H and O–H groups in total. The van der Waals surface area contributed by atoms with Crippen LogP contribution in [0.25, 0.3) is 12.2 Å². The van der Waals surface area contributed by atoms with Crippen molar-refractivity contribution in [3.63, 3.8) is 0 Å². The molecule has 0 radical (unpaired) electrons. The highest BCUT2D eigenvalue weighted by atomic mass is 16.5. The average Bonchev–Trinajstić information content (AvgIpc) is 2.80. The minimum Gasteiger partial charge on any atom is -0.504 e. The van der Waals surface area contributed by atoms with Crippen LogP contribution < -0.4 is 9.47 Å². The minimum absolute atomic E-state index is 0.0176. The van der Waals surface area contributed by atoms with E-state index in [-0.39, 0.29) is 24.7 Å². The molecule has 0 aromatic heterocycles. The number of rotatable bonds is 11. The van der Waals surface area contributed by atoms with E-state index >= 15 is 0 Å². The molecular weight excluding hydrogens is 416 g/mol. The predicted molar refractivity (Wildman–Crippen MR) is 119 cm³/mol. The van der Waals surface area contributed by atoms with Crippen LogP contribution in [-0.4, -0.2) is 49.6 Å². The van der Waals surface area contributed by atoms with Gasteiger partial charge in [0.05, 0.1) is 27.4 Å². The van der Waals surface area contributed by atoms with E-state index in [1.54, 1.807) is 36.4 Å². The van der Waals surface area contributed by atoms with Crippen molar-refractivity contribution in [3.05, 3.63) is 59.7 Å². The zero-order chi connectivity index (χ0) is 23.3. The summed E-state index contributed by atoms with van der Waals surface area (Å²) in [5, 5.41) is 19.1. The fourth-order valence-corrected chi connectivity index (χ4v) is 2.57. The van der Waals surface area contributed by atoms with E-state index in [4.69, 9.17) is 18.9 Å². The van der Waals surface area contributed by atoms with Crippen LogP contribution in [0.2, 0.25) is 0 Å². The zero-order valence-electron chi connectivity index (χ0n) is 17.9. The first-order valence-electron chi connectivity index (χ1n) is 9.86. The standard InChI is InChI=1S/C24H26O8/c1-29-21-15-17(5-9-19(21)25)7-11-23(27)31-13-3-4-14-32-24(28)12-8-18-6-10-20(26)22(16-18)30-2/h5-12,15-16,25-26H,3-4,13-14H2,1-2H3. The summed E-state index contributed by atoms with van der Waals surface area (Å²) in [6.45, 7) is 0.394. The fraction of sp³-hybridized carbons (Fsp3) is 0.250. The van der Waals surface area contributed by atoms with Crippen LogP contribution in [0.4, 0.5) is 0 Å². The van der Waals surface area contributed by atoms with Gasteiger partial charge in [0.2, 0.25) is 0 Å². The van der Waals surface area contributed by atoms with Gasteiger partial charge >= 0.3 is 11.9 Å². The first-order valence-corrected chi connectivity index (χ1v) is 9.86. The number of ether oxygens (including phenoxy) is 4. The number of hydrogen-bond acceptors (Lipinski definition) is 8. The molecule has 2 rings (SSSR count). The summed E-state index contributed by atoms with van der Waals surface area (Å²) in [6.07, 6.45) is 6.77. The lowest BCUT2D eigenvalue weighted by atomic mass is 10.2. The topological polar surface area (TPSA) is 112 Å². The molecule has 0 aliphatic heterocycles. The Labute approximate surface area is 186 Å². The quantitative estimate of drug-likeness (QED) is 0.308. The normalized spacial score (nSPS) is 10.9. The molecule has 8 nitrogen and oxygen atoms in total. The molecular formula is C24H26O8. The molecule has 8 heteroatoms. The van der Waals surface area contributed by atoms with E-state index in [2.05, 4.69) is 0 Å². The van der Waals surface area contributed by atoms with Gasteiger partial charge in [-0.05, 0) is 60.4 Å². The van der Waals surface area contributed by atoms with Crippen molar-refractivity contribution in [2.45, 2.75) is 12.8 Å². The number of carbonyl (C=O) groups excluding carboxylic acids is 2. The number of methoxy groups -OCH3 is 2. The number of phenols is 2. The molecule has 32 heavy (non-hydrogen) atoms. The zero-order valence-corrected chi connectivity index (χ0v) is 17.9.